The SMILES string of the molecule is C[C@@H](OC(=O)C[C@@H](NC(N)=O)c1ccc(Cl)cc1)C(=O)NCc1cccs1. The van der Waals surface area contributed by atoms with Gasteiger partial charge in [-0.25, -0.2) is 4.79 Å². The second kappa shape index (κ2) is 9.94. The van der Waals surface area contributed by atoms with Gasteiger partial charge in [0, 0.05) is 9.90 Å². The second-order valence-corrected chi connectivity index (χ2v) is 7.21. The van der Waals surface area contributed by atoms with Crippen molar-refractivity contribution in [3.63, 3.8) is 0 Å². The van der Waals surface area contributed by atoms with Crippen LogP contribution in [0.1, 0.15) is 29.8 Å². The van der Waals surface area contributed by atoms with Crippen molar-refractivity contribution in [3.8, 4) is 0 Å². The number of carbonyl (C=O) groups excluding carboxylic acids is 3. The van der Waals surface area contributed by atoms with Gasteiger partial charge in [0.15, 0.2) is 6.10 Å². The predicted octanol–water partition coefficient (Wildman–Crippen LogP) is 2.75. The highest BCUT2D eigenvalue weighted by molar-refractivity contribution is 7.09. The van der Waals surface area contributed by atoms with Crippen molar-refractivity contribution in [2.24, 2.45) is 5.73 Å². The maximum absolute atomic E-state index is 12.2. The lowest BCUT2D eigenvalue weighted by atomic mass is 10.0. The molecule has 0 spiro atoms. The predicted molar refractivity (Wildman–Crippen MR) is 103 cm³/mol. The molecule has 0 radical (unpaired) electrons. The lowest BCUT2D eigenvalue weighted by molar-refractivity contribution is -0.155. The molecule has 0 aliphatic carbocycles. The molecule has 27 heavy (non-hydrogen) atoms. The first-order chi connectivity index (χ1) is 12.8. The van der Waals surface area contributed by atoms with Gasteiger partial charge in [-0.15, -0.1) is 11.3 Å². The van der Waals surface area contributed by atoms with Crippen LogP contribution in [-0.4, -0.2) is 24.0 Å². The van der Waals surface area contributed by atoms with Crippen molar-refractivity contribution in [2.45, 2.75) is 32.0 Å². The Kier molecular flexibility index (Phi) is 7.63. The zero-order valence-corrected chi connectivity index (χ0v) is 16.2. The van der Waals surface area contributed by atoms with E-state index in [2.05, 4.69) is 10.6 Å². The molecule has 0 saturated carbocycles. The summed E-state index contributed by atoms with van der Waals surface area (Å²) < 4.78 is 5.17. The van der Waals surface area contributed by atoms with Crippen LogP contribution in [0.5, 0.6) is 0 Å². The van der Waals surface area contributed by atoms with E-state index in [1.165, 1.54) is 18.3 Å². The van der Waals surface area contributed by atoms with Gasteiger partial charge in [0.1, 0.15) is 0 Å². The molecule has 2 atom stereocenters. The molecule has 144 valence electrons. The third-order valence-corrected chi connectivity index (χ3v) is 4.78. The van der Waals surface area contributed by atoms with E-state index >= 15 is 0 Å². The van der Waals surface area contributed by atoms with Crippen LogP contribution in [0, 0.1) is 0 Å². The number of thiophene rings is 1. The summed E-state index contributed by atoms with van der Waals surface area (Å²) in [6.07, 6.45) is -1.13. The highest BCUT2D eigenvalue weighted by Crippen LogP contribution is 2.20. The first kappa shape index (κ1) is 20.7. The third kappa shape index (κ3) is 6.92. The number of primary amides is 1. The average Bonchev–Trinajstić information content (AvgIpc) is 3.12. The fraction of sp³-hybridized carbons (Fsp3) is 0.278. The highest BCUT2D eigenvalue weighted by Gasteiger charge is 2.22. The molecule has 0 bridgehead atoms. The van der Waals surface area contributed by atoms with E-state index in [1.807, 2.05) is 17.5 Å². The molecule has 0 unspecified atom stereocenters. The number of hydrogen-bond donors (Lipinski definition) is 3. The molecule has 1 aromatic carbocycles. The Bertz CT molecular complexity index is 780. The van der Waals surface area contributed by atoms with Crippen molar-refractivity contribution >= 4 is 40.8 Å². The topological polar surface area (TPSA) is 111 Å². The smallest absolute Gasteiger partial charge is 0.312 e. The van der Waals surface area contributed by atoms with E-state index in [0.29, 0.717) is 17.1 Å². The van der Waals surface area contributed by atoms with Crippen LogP contribution in [0.15, 0.2) is 41.8 Å². The maximum Gasteiger partial charge on any atom is 0.312 e. The van der Waals surface area contributed by atoms with Crippen LogP contribution in [-0.2, 0) is 20.9 Å². The van der Waals surface area contributed by atoms with Gasteiger partial charge in [-0.1, -0.05) is 29.8 Å². The zero-order valence-electron chi connectivity index (χ0n) is 14.6. The third-order valence-electron chi connectivity index (χ3n) is 3.65. The van der Waals surface area contributed by atoms with Gasteiger partial charge in [0.2, 0.25) is 0 Å². The molecular formula is C18H20ClN3O4S. The molecule has 4 N–H and O–H groups in total. The molecule has 1 aromatic heterocycles. The number of urea groups is 1. The summed E-state index contributed by atoms with van der Waals surface area (Å²) in [5.41, 5.74) is 5.82. The van der Waals surface area contributed by atoms with E-state index in [1.54, 1.807) is 24.3 Å². The standard InChI is InChI=1S/C18H20ClN3O4S/c1-11(17(24)21-10-14-3-2-8-27-14)26-16(23)9-15(22-18(20)25)12-4-6-13(19)7-5-12/h2-8,11,15H,9-10H2,1H3,(H,21,24)(H3,20,22,25)/t11-,15-/m1/s1. The Hall–Kier alpha value is -2.58. The van der Waals surface area contributed by atoms with Crippen LogP contribution < -0.4 is 16.4 Å². The summed E-state index contributed by atoms with van der Waals surface area (Å²) >= 11 is 7.37. The van der Waals surface area contributed by atoms with Gasteiger partial charge >= 0.3 is 12.0 Å². The van der Waals surface area contributed by atoms with Gasteiger partial charge in [0.05, 0.1) is 19.0 Å². The van der Waals surface area contributed by atoms with Crippen molar-refractivity contribution in [2.75, 3.05) is 0 Å². The van der Waals surface area contributed by atoms with Crippen LogP contribution in [0.2, 0.25) is 5.02 Å². The molecule has 9 heteroatoms. The zero-order chi connectivity index (χ0) is 19.8. The van der Waals surface area contributed by atoms with Crippen molar-refractivity contribution in [3.05, 3.63) is 57.2 Å². The van der Waals surface area contributed by atoms with E-state index in [-0.39, 0.29) is 6.42 Å². The summed E-state index contributed by atoms with van der Waals surface area (Å²) in [4.78, 5) is 36.5. The molecule has 0 saturated heterocycles. The van der Waals surface area contributed by atoms with Crippen LogP contribution >= 0.6 is 22.9 Å². The number of rotatable bonds is 8. The van der Waals surface area contributed by atoms with Crippen molar-refractivity contribution in [1.29, 1.82) is 0 Å². The lowest BCUT2D eigenvalue weighted by Gasteiger charge is -2.19. The van der Waals surface area contributed by atoms with Gasteiger partial charge in [-0.05, 0) is 36.1 Å². The fourth-order valence-electron chi connectivity index (χ4n) is 2.32. The number of nitrogens with one attached hydrogen (secondary N) is 2. The van der Waals surface area contributed by atoms with Crippen molar-refractivity contribution in [1.82, 2.24) is 10.6 Å². The monoisotopic (exact) mass is 409 g/mol. The Morgan fingerprint density at radius 1 is 1.22 bits per heavy atom. The first-order valence-corrected chi connectivity index (χ1v) is 9.42. The normalized spacial score (nSPS) is 12.7. The number of nitrogens with two attached hydrogens (primary N) is 1. The molecule has 0 fully saturated rings. The van der Waals surface area contributed by atoms with E-state index in [0.717, 1.165) is 4.88 Å². The molecule has 0 aliphatic rings. The average molecular weight is 410 g/mol. The van der Waals surface area contributed by atoms with E-state index in [4.69, 9.17) is 22.1 Å². The summed E-state index contributed by atoms with van der Waals surface area (Å²) in [6.45, 7) is 1.86. The van der Waals surface area contributed by atoms with Crippen molar-refractivity contribution < 1.29 is 19.1 Å². The summed E-state index contributed by atoms with van der Waals surface area (Å²) in [6, 6.07) is 8.95. The first-order valence-electron chi connectivity index (χ1n) is 8.16. The number of benzene rings is 1. The highest BCUT2D eigenvalue weighted by atomic mass is 35.5. The molecule has 0 aliphatic heterocycles. The lowest BCUT2D eigenvalue weighted by Crippen LogP contribution is -2.37. The molecule has 2 aromatic rings. The number of hydrogen-bond acceptors (Lipinski definition) is 5. The maximum atomic E-state index is 12.2. The number of halogens is 1. The molecule has 3 amide bonds. The van der Waals surface area contributed by atoms with Gasteiger partial charge in [0.25, 0.3) is 5.91 Å². The van der Waals surface area contributed by atoms with Gasteiger partial charge in [-0.3, -0.25) is 9.59 Å². The largest absolute Gasteiger partial charge is 0.452 e. The Morgan fingerprint density at radius 3 is 2.52 bits per heavy atom. The number of esters is 1. The number of carbonyl (C=O) groups is 3. The Labute approximate surface area is 165 Å². The minimum atomic E-state index is -0.961. The minimum absolute atomic E-state index is 0.173. The quantitative estimate of drug-likeness (QED) is 0.582. The molecule has 1 heterocycles. The summed E-state index contributed by atoms with van der Waals surface area (Å²) in [5.74, 6) is -1.04. The van der Waals surface area contributed by atoms with E-state index in [9.17, 15) is 14.4 Å². The fourth-order valence-corrected chi connectivity index (χ4v) is 3.09. The summed E-state index contributed by atoms with van der Waals surface area (Å²) in [7, 11) is 0. The number of amides is 3. The molecule has 2 rings (SSSR count). The Balaban J connectivity index is 1.90. The van der Waals surface area contributed by atoms with E-state index < -0.39 is 30.1 Å². The van der Waals surface area contributed by atoms with Gasteiger partial charge < -0.3 is 21.1 Å². The summed E-state index contributed by atoms with van der Waals surface area (Å²) in [5, 5.41) is 7.63. The van der Waals surface area contributed by atoms with Crippen LogP contribution in [0.25, 0.3) is 0 Å². The minimum Gasteiger partial charge on any atom is -0.452 e. The number of ether oxygens (including phenoxy) is 1. The molecule has 7 nitrogen and oxygen atoms in total. The Morgan fingerprint density at radius 2 is 1.93 bits per heavy atom. The van der Waals surface area contributed by atoms with Gasteiger partial charge in [-0.2, -0.15) is 0 Å². The van der Waals surface area contributed by atoms with Crippen LogP contribution in [0.3, 0.4) is 0 Å². The second-order valence-electron chi connectivity index (χ2n) is 5.75. The molecular weight excluding hydrogens is 390 g/mol. The van der Waals surface area contributed by atoms with Crippen LogP contribution in [0.4, 0.5) is 4.79 Å².